The van der Waals surface area contributed by atoms with Crippen molar-refractivity contribution in [2.75, 3.05) is 19.6 Å². The van der Waals surface area contributed by atoms with Crippen LogP contribution in [0.2, 0.25) is 0 Å². The van der Waals surface area contributed by atoms with E-state index >= 15 is 0 Å². The maximum absolute atomic E-state index is 2.43. The summed E-state index contributed by atoms with van der Waals surface area (Å²) in [6.45, 7) is 8.57. The molecule has 122 heavy (non-hydrogen) atoms. The Labute approximate surface area is 713 Å². The van der Waals surface area contributed by atoms with Gasteiger partial charge in [0.15, 0.2) is 0 Å². The topological polar surface area (TPSA) is 13.0 Å². The fourth-order valence-electron chi connectivity index (χ4n) is 18.2. The number of benzene rings is 22. The zero-order valence-electron chi connectivity index (χ0n) is 68.7. The molecule has 0 unspecified atom stereocenters. The molecule has 0 saturated heterocycles. The Bertz CT molecular complexity index is 7130. The molecule has 0 fully saturated rings. The summed E-state index contributed by atoms with van der Waals surface area (Å²) in [5.41, 5.74) is 23.9. The van der Waals surface area contributed by atoms with Crippen LogP contribution in [-0.2, 0) is 0 Å². The maximum atomic E-state index is 2.43. The van der Waals surface area contributed by atoms with Gasteiger partial charge in [-0.1, -0.05) is 386 Å². The SMILES string of the molecule is Cc1ccc(N(c2ccc(C)cc2)c2c3ccccc3c(N(c3ccc(C)cc3)c3ccc(C)cc3)c3ccccc23)cc1.c1ccc(N(c2ccc3ccccc3c2)c2c3ccccc3c(-c3cccc4ccccc34)c3ccccc23)cc1.c1ccc(N(c2ccccc2)c2c3ccccc3c(-c3cccc4ccccc34)c3ccccc23)cc1. The largest absolute Gasteiger partial charge is 0.309 e. The van der Waals surface area contributed by atoms with E-state index in [2.05, 4.69) is 508 Å². The van der Waals surface area contributed by atoms with Crippen molar-refractivity contribution in [1.29, 1.82) is 0 Å². The van der Waals surface area contributed by atoms with Crippen molar-refractivity contribution in [3.8, 4) is 22.3 Å². The van der Waals surface area contributed by atoms with Gasteiger partial charge in [-0.2, -0.15) is 0 Å². The minimum atomic E-state index is 1.14. The van der Waals surface area contributed by atoms with Crippen LogP contribution >= 0.6 is 0 Å². The van der Waals surface area contributed by atoms with Gasteiger partial charge < -0.3 is 19.6 Å². The van der Waals surface area contributed by atoms with Crippen LogP contribution in [0.3, 0.4) is 0 Å². The van der Waals surface area contributed by atoms with Gasteiger partial charge in [0.25, 0.3) is 0 Å². The normalized spacial score (nSPS) is 11.3. The van der Waals surface area contributed by atoms with Crippen molar-refractivity contribution in [3.63, 3.8) is 0 Å². The average molecular weight is 1560 g/mol. The highest BCUT2D eigenvalue weighted by Crippen LogP contribution is 2.55. The van der Waals surface area contributed by atoms with E-state index in [1.165, 1.54) is 164 Å². The molecule has 4 heteroatoms. The monoisotopic (exact) mass is 1560 g/mol. The maximum Gasteiger partial charge on any atom is 0.0619 e. The molecule has 0 aliphatic rings. The summed E-state index contributed by atoms with van der Waals surface area (Å²) in [6, 6.07) is 167. The number of para-hydroxylation sites is 3. The molecule has 4 nitrogen and oxygen atoms in total. The molecular weight excluding hydrogens is 1470 g/mol. The lowest BCUT2D eigenvalue weighted by Crippen LogP contribution is -2.14. The molecule has 0 radical (unpaired) electrons. The molecule has 580 valence electrons. The number of nitrogens with zero attached hydrogens (tertiary/aromatic N) is 4. The third-order valence-corrected chi connectivity index (χ3v) is 23.9. The minimum Gasteiger partial charge on any atom is -0.309 e. The number of anilines is 12. The summed E-state index contributed by atoms with van der Waals surface area (Å²) in [5, 5.41) is 22.3. The van der Waals surface area contributed by atoms with E-state index in [1.807, 2.05) is 0 Å². The average Bonchev–Trinajstić information content (AvgIpc) is 0.735. The van der Waals surface area contributed by atoms with Crippen LogP contribution in [-0.4, -0.2) is 0 Å². The lowest BCUT2D eigenvalue weighted by molar-refractivity contribution is 1.28. The molecular formula is C118H88N4. The van der Waals surface area contributed by atoms with Crippen LogP contribution in [0.1, 0.15) is 22.3 Å². The number of aryl methyl sites for hydroxylation is 4. The molecule has 22 rings (SSSR count). The lowest BCUT2D eigenvalue weighted by Gasteiger charge is -2.33. The Hall–Kier alpha value is -15.6. The first-order valence-corrected chi connectivity index (χ1v) is 42.1. The van der Waals surface area contributed by atoms with E-state index < -0.39 is 0 Å². The first-order chi connectivity index (χ1) is 60.2. The van der Waals surface area contributed by atoms with Crippen molar-refractivity contribution < 1.29 is 0 Å². The van der Waals surface area contributed by atoms with Crippen LogP contribution in [0, 0.1) is 27.7 Å². The smallest absolute Gasteiger partial charge is 0.0619 e. The van der Waals surface area contributed by atoms with Crippen molar-refractivity contribution in [3.05, 3.63) is 483 Å². The second-order valence-corrected chi connectivity index (χ2v) is 31.7. The molecule has 0 aliphatic carbocycles. The lowest BCUT2D eigenvalue weighted by atomic mass is 9.88. The molecule has 0 atom stereocenters. The molecule has 22 aromatic carbocycles. The van der Waals surface area contributed by atoms with Gasteiger partial charge in [0.05, 0.1) is 22.7 Å². The Balaban J connectivity index is 0.000000117. The highest BCUT2D eigenvalue weighted by molar-refractivity contribution is 6.27. The van der Waals surface area contributed by atoms with Crippen LogP contribution in [0.25, 0.3) is 119 Å². The molecule has 0 aliphatic heterocycles. The van der Waals surface area contributed by atoms with Crippen LogP contribution in [0.5, 0.6) is 0 Å². The van der Waals surface area contributed by atoms with Gasteiger partial charge in [0, 0.05) is 88.6 Å². The quantitative estimate of drug-likeness (QED) is 0.0795. The molecule has 22 aromatic rings. The van der Waals surface area contributed by atoms with E-state index in [9.17, 15) is 0 Å². The van der Waals surface area contributed by atoms with Gasteiger partial charge in [-0.25, -0.2) is 0 Å². The molecule has 0 bridgehead atoms. The molecule has 0 saturated carbocycles. The summed E-state index contributed by atoms with van der Waals surface area (Å²) in [4.78, 5) is 9.69. The number of rotatable bonds is 14. The zero-order valence-corrected chi connectivity index (χ0v) is 68.7. The highest BCUT2D eigenvalue weighted by Gasteiger charge is 2.29. The standard InChI is InChI=1S/C42H36N2.C40H27N.C36H25N/c1-29-13-21-33(22-14-29)43(34-23-15-30(2)16-24-34)41-37-9-5-7-11-39(37)42(40-12-8-6-10-38(40)41)44(35-25-17-31(3)18-26-35)36-27-19-32(4)20-28-36;1-2-17-31(18-3-1)41(32-26-25-28-13-4-5-15-30(28)27-32)40-37-22-10-8-20-35(37)39(36-21-9-11-23-38(36)40)34-24-12-16-29-14-6-7-19-33(29)34;1-3-16-27(17-4-1)37(28-18-5-2-6-19-28)36-33-23-11-9-21-31(33)35(32-22-10-12-24-34(32)36)30-25-13-15-26-14-7-8-20-29(26)30/h5-28H,1-4H3;1-27H;1-25H. The summed E-state index contributed by atoms with van der Waals surface area (Å²) in [7, 11) is 0. The van der Waals surface area contributed by atoms with Gasteiger partial charge in [-0.3, -0.25) is 0 Å². The fourth-order valence-corrected chi connectivity index (χ4v) is 18.2. The molecule has 0 heterocycles. The van der Waals surface area contributed by atoms with Gasteiger partial charge in [0.1, 0.15) is 0 Å². The van der Waals surface area contributed by atoms with Crippen LogP contribution in [0.4, 0.5) is 68.2 Å². The van der Waals surface area contributed by atoms with Gasteiger partial charge in [0.2, 0.25) is 0 Å². The molecule has 0 spiro atoms. The highest BCUT2D eigenvalue weighted by atomic mass is 15.2. The summed E-state index contributed by atoms with van der Waals surface area (Å²) in [6.07, 6.45) is 0. The Kier molecular flexibility index (Phi) is 20.4. The van der Waals surface area contributed by atoms with Gasteiger partial charge in [-0.05, 0) is 201 Å². The van der Waals surface area contributed by atoms with E-state index in [-0.39, 0.29) is 0 Å². The Morgan fingerprint density at radius 1 is 0.131 bits per heavy atom. The number of hydrogen-bond donors (Lipinski definition) is 0. The first kappa shape index (κ1) is 75.1. The van der Waals surface area contributed by atoms with E-state index in [4.69, 9.17) is 0 Å². The predicted octanol–water partition coefficient (Wildman–Crippen LogP) is 33.9. The zero-order chi connectivity index (χ0) is 82.0. The minimum absolute atomic E-state index is 1.14. The number of hydrogen-bond acceptors (Lipinski definition) is 4. The molecule has 0 aromatic heterocycles. The first-order valence-electron chi connectivity index (χ1n) is 42.1. The Morgan fingerprint density at radius 3 is 0.615 bits per heavy atom. The second-order valence-electron chi connectivity index (χ2n) is 31.7. The van der Waals surface area contributed by atoms with E-state index in [0.717, 1.165) is 45.5 Å². The second kappa shape index (κ2) is 33.1. The number of fused-ring (bicyclic) bond motifs is 9. The van der Waals surface area contributed by atoms with Gasteiger partial charge >= 0.3 is 0 Å². The van der Waals surface area contributed by atoms with Crippen LogP contribution in [0.15, 0.2) is 461 Å². The Morgan fingerprint density at radius 2 is 0.328 bits per heavy atom. The third kappa shape index (κ3) is 14.2. The van der Waals surface area contributed by atoms with Crippen molar-refractivity contribution in [2.45, 2.75) is 27.7 Å². The van der Waals surface area contributed by atoms with Crippen LogP contribution < -0.4 is 19.6 Å². The van der Waals surface area contributed by atoms with E-state index in [0.29, 0.717) is 0 Å². The molecule has 0 amide bonds. The summed E-state index contributed by atoms with van der Waals surface area (Å²) in [5.74, 6) is 0. The van der Waals surface area contributed by atoms with Crippen molar-refractivity contribution in [1.82, 2.24) is 0 Å². The fraction of sp³-hybridized carbons (Fsp3) is 0.0339. The molecule has 0 N–H and O–H groups in total. The third-order valence-electron chi connectivity index (χ3n) is 23.9. The van der Waals surface area contributed by atoms with Crippen molar-refractivity contribution >= 4 is 165 Å². The van der Waals surface area contributed by atoms with Gasteiger partial charge in [-0.15, -0.1) is 0 Å². The summed E-state index contributed by atoms with van der Waals surface area (Å²) >= 11 is 0. The summed E-state index contributed by atoms with van der Waals surface area (Å²) < 4.78 is 0. The predicted molar refractivity (Wildman–Crippen MR) is 525 cm³/mol. The van der Waals surface area contributed by atoms with E-state index in [1.54, 1.807) is 0 Å². The van der Waals surface area contributed by atoms with Crippen molar-refractivity contribution in [2.24, 2.45) is 0 Å².